The zero-order chi connectivity index (χ0) is 44.3. The first-order valence-electron chi connectivity index (χ1n) is 23.3. The third-order valence-electron chi connectivity index (χ3n) is 14.4. The van der Waals surface area contributed by atoms with Crippen molar-refractivity contribution < 1.29 is 0 Å². The summed E-state index contributed by atoms with van der Waals surface area (Å²) < 4.78 is 0. The Balaban J connectivity index is 0.883. The lowest BCUT2D eigenvalue weighted by molar-refractivity contribution is 0.768. The van der Waals surface area contributed by atoms with E-state index >= 15 is 0 Å². The number of fused-ring (bicyclic) bond motifs is 7. The molecular formula is C67H44. The average molecular weight is 849 g/mol. The van der Waals surface area contributed by atoms with E-state index in [1.54, 1.807) is 0 Å². The van der Waals surface area contributed by atoms with E-state index in [4.69, 9.17) is 0 Å². The summed E-state index contributed by atoms with van der Waals surface area (Å²) in [4.78, 5) is 0. The van der Waals surface area contributed by atoms with Crippen molar-refractivity contribution in [3.63, 3.8) is 0 Å². The summed E-state index contributed by atoms with van der Waals surface area (Å²) in [6.45, 7) is 0. The first-order valence-corrected chi connectivity index (χ1v) is 23.3. The largest absolute Gasteiger partial charge is 0.0713 e. The van der Waals surface area contributed by atoms with Crippen LogP contribution in [0.2, 0.25) is 0 Å². The lowest BCUT2D eigenvalue weighted by Crippen LogP contribution is -2.28. The zero-order valence-corrected chi connectivity index (χ0v) is 36.9. The van der Waals surface area contributed by atoms with Crippen LogP contribution in [0.3, 0.4) is 0 Å². The molecule has 67 heavy (non-hydrogen) atoms. The van der Waals surface area contributed by atoms with E-state index < -0.39 is 5.41 Å². The van der Waals surface area contributed by atoms with E-state index in [9.17, 15) is 0 Å². The van der Waals surface area contributed by atoms with E-state index in [0.29, 0.717) is 0 Å². The Morgan fingerprint density at radius 2 is 0.687 bits per heavy atom. The fraction of sp³-hybridized carbons (Fsp3) is 0.0149. The van der Waals surface area contributed by atoms with Crippen molar-refractivity contribution in [2.75, 3.05) is 0 Å². The third-order valence-corrected chi connectivity index (χ3v) is 14.4. The smallest absolute Gasteiger partial charge is 0.0622 e. The van der Waals surface area contributed by atoms with Crippen LogP contribution in [0, 0.1) is 0 Å². The molecule has 0 heteroatoms. The Morgan fingerprint density at radius 1 is 0.254 bits per heavy atom. The topological polar surface area (TPSA) is 0 Å². The summed E-state index contributed by atoms with van der Waals surface area (Å²) in [5.74, 6) is 0. The van der Waals surface area contributed by atoms with Gasteiger partial charge in [0.05, 0.1) is 5.41 Å². The van der Waals surface area contributed by atoms with Gasteiger partial charge in [-0.15, -0.1) is 0 Å². The molecule has 0 heterocycles. The molecule has 0 amide bonds. The molecule has 0 unspecified atom stereocenters. The molecule has 0 saturated heterocycles. The molecule has 13 rings (SSSR count). The molecule has 12 aromatic carbocycles. The number of benzene rings is 12. The maximum atomic E-state index is 2.38. The second-order valence-corrected chi connectivity index (χ2v) is 17.9. The van der Waals surface area contributed by atoms with Crippen LogP contribution >= 0.6 is 0 Å². The van der Waals surface area contributed by atoms with Gasteiger partial charge in [-0.25, -0.2) is 0 Å². The van der Waals surface area contributed by atoms with Gasteiger partial charge in [0.2, 0.25) is 0 Å². The van der Waals surface area contributed by atoms with E-state index in [-0.39, 0.29) is 0 Å². The van der Waals surface area contributed by atoms with Crippen LogP contribution in [0.5, 0.6) is 0 Å². The molecule has 1 aliphatic rings. The van der Waals surface area contributed by atoms with Gasteiger partial charge in [-0.1, -0.05) is 267 Å². The van der Waals surface area contributed by atoms with Gasteiger partial charge in [-0.05, 0) is 121 Å². The van der Waals surface area contributed by atoms with Crippen molar-refractivity contribution in [3.05, 3.63) is 288 Å². The van der Waals surface area contributed by atoms with E-state index in [1.165, 1.54) is 115 Å². The van der Waals surface area contributed by atoms with Gasteiger partial charge in [0.15, 0.2) is 0 Å². The summed E-state index contributed by atoms with van der Waals surface area (Å²) in [7, 11) is 0. The van der Waals surface area contributed by atoms with Crippen LogP contribution in [-0.2, 0) is 5.41 Å². The average Bonchev–Trinajstić information content (AvgIpc) is 3.71. The summed E-state index contributed by atoms with van der Waals surface area (Å²) in [6.07, 6.45) is 4.51. The lowest BCUT2D eigenvalue weighted by atomic mass is 9.67. The molecule has 0 aliphatic heterocycles. The van der Waals surface area contributed by atoms with Gasteiger partial charge in [0.25, 0.3) is 0 Å². The lowest BCUT2D eigenvalue weighted by Gasteiger charge is -2.34. The molecular weight excluding hydrogens is 805 g/mol. The fourth-order valence-electron chi connectivity index (χ4n) is 11.5. The number of rotatable bonds is 7. The van der Waals surface area contributed by atoms with Crippen LogP contribution in [-0.4, -0.2) is 0 Å². The third kappa shape index (κ3) is 6.14. The van der Waals surface area contributed by atoms with Crippen LogP contribution in [0.1, 0.15) is 33.4 Å². The van der Waals surface area contributed by atoms with Gasteiger partial charge in [-0.3, -0.25) is 0 Å². The van der Waals surface area contributed by atoms with E-state index in [2.05, 4.69) is 267 Å². The van der Waals surface area contributed by atoms with Crippen molar-refractivity contribution >= 4 is 55.2 Å². The van der Waals surface area contributed by atoms with Gasteiger partial charge in [0.1, 0.15) is 0 Å². The molecule has 0 spiro atoms. The first-order chi connectivity index (χ1) is 33.3. The quantitative estimate of drug-likeness (QED) is 0.111. The van der Waals surface area contributed by atoms with E-state index in [1.807, 2.05) is 0 Å². The molecule has 0 atom stereocenters. The minimum atomic E-state index is -0.432. The molecule has 0 saturated carbocycles. The summed E-state index contributed by atoms with van der Waals surface area (Å²) in [5.41, 5.74) is 17.2. The predicted octanol–water partition coefficient (Wildman–Crippen LogP) is 17.8. The maximum absolute atomic E-state index is 2.38. The molecule has 0 fully saturated rings. The van der Waals surface area contributed by atoms with Crippen molar-refractivity contribution in [3.8, 4) is 44.5 Å². The van der Waals surface area contributed by atoms with Crippen molar-refractivity contribution in [2.24, 2.45) is 0 Å². The molecule has 0 N–H and O–H groups in total. The highest BCUT2D eigenvalue weighted by atomic mass is 14.5. The summed E-state index contributed by atoms with van der Waals surface area (Å²) in [6, 6.07) is 94.1. The normalized spacial score (nSPS) is 12.8. The first kappa shape index (κ1) is 38.8. The second kappa shape index (κ2) is 15.8. The van der Waals surface area contributed by atoms with Crippen LogP contribution in [0.25, 0.3) is 99.7 Å². The number of hydrogen-bond acceptors (Lipinski definition) is 0. The second-order valence-electron chi connectivity index (χ2n) is 17.9. The van der Waals surface area contributed by atoms with E-state index in [0.717, 1.165) is 5.56 Å². The standard InChI is InChI=1S/C67H44/c1-2-19-50(20-3-1)67(63-31-14-12-24-57(63)58-25-13-15-32-64(58)67)51-42-39-49(40-43-51)66-61-28-10-8-26-59(61)65(60-27-9-11-29-62(60)66)48-37-34-45(35-38-48)33-36-47-41-44-56(54-23-7-6-22-53(47)54)55-30-16-18-46-17-4-5-21-52(46)55/h1-44H/b36-33+. The minimum Gasteiger partial charge on any atom is -0.0622 e. The van der Waals surface area contributed by atoms with Gasteiger partial charge in [0, 0.05) is 0 Å². The highest BCUT2D eigenvalue weighted by Gasteiger charge is 2.45. The highest BCUT2D eigenvalue weighted by molar-refractivity contribution is 6.21. The maximum Gasteiger partial charge on any atom is 0.0713 e. The van der Waals surface area contributed by atoms with Crippen LogP contribution in [0.15, 0.2) is 255 Å². The Bertz CT molecular complexity index is 3780. The Kier molecular flexibility index (Phi) is 9.18. The molecule has 0 nitrogen and oxygen atoms in total. The Morgan fingerprint density at radius 3 is 1.30 bits per heavy atom. The molecule has 312 valence electrons. The monoisotopic (exact) mass is 848 g/mol. The van der Waals surface area contributed by atoms with Gasteiger partial charge >= 0.3 is 0 Å². The SMILES string of the molecule is C(=C\c1ccc(-c2cccc3ccccc23)c2ccccc12)/c1ccc(-c2c3ccccc3c(-c3ccc(C4(c5ccccc5)c5ccccc5-c5ccccc54)cc3)c3ccccc23)cc1. The summed E-state index contributed by atoms with van der Waals surface area (Å²) >= 11 is 0. The summed E-state index contributed by atoms with van der Waals surface area (Å²) in [5, 5.41) is 10.0. The zero-order valence-electron chi connectivity index (χ0n) is 36.9. The van der Waals surface area contributed by atoms with Crippen molar-refractivity contribution in [1.29, 1.82) is 0 Å². The Hall–Kier alpha value is -8.58. The molecule has 0 radical (unpaired) electrons. The minimum absolute atomic E-state index is 0.432. The number of hydrogen-bond donors (Lipinski definition) is 0. The Labute approximate surface area is 391 Å². The molecule has 0 aromatic heterocycles. The predicted molar refractivity (Wildman–Crippen MR) is 285 cm³/mol. The molecule has 12 aromatic rings. The van der Waals surface area contributed by atoms with Crippen LogP contribution in [0.4, 0.5) is 0 Å². The van der Waals surface area contributed by atoms with Gasteiger partial charge in [-0.2, -0.15) is 0 Å². The fourth-order valence-corrected chi connectivity index (χ4v) is 11.5. The van der Waals surface area contributed by atoms with Crippen molar-refractivity contribution in [2.45, 2.75) is 5.41 Å². The highest BCUT2D eigenvalue weighted by Crippen LogP contribution is 2.56. The molecule has 1 aliphatic carbocycles. The molecule has 0 bridgehead atoms. The van der Waals surface area contributed by atoms with Gasteiger partial charge < -0.3 is 0 Å². The van der Waals surface area contributed by atoms with Crippen LogP contribution < -0.4 is 0 Å². The van der Waals surface area contributed by atoms with Crippen molar-refractivity contribution in [1.82, 2.24) is 0 Å².